The summed E-state index contributed by atoms with van der Waals surface area (Å²) in [5, 5.41) is 8.13. The Morgan fingerprint density at radius 3 is 2.56 bits per heavy atom. The van der Waals surface area contributed by atoms with Crippen LogP contribution in [0.15, 0.2) is 12.2 Å². The molecule has 0 fully saturated rings. The van der Waals surface area contributed by atoms with E-state index in [9.17, 15) is 4.79 Å². The third-order valence-electron chi connectivity index (χ3n) is 0.787. The van der Waals surface area contributed by atoms with Crippen LogP contribution < -0.4 is 4.90 Å². The van der Waals surface area contributed by atoms with Crippen LogP contribution in [-0.2, 0) is 4.79 Å². The summed E-state index contributed by atoms with van der Waals surface area (Å²) in [5.74, 6) is -0.878. The molecule has 0 heterocycles. The highest BCUT2D eigenvalue weighted by Crippen LogP contribution is 1.65. The predicted octanol–water partition coefficient (Wildman–Crippen LogP) is -1.23. The summed E-state index contributed by atoms with van der Waals surface area (Å²) in [6.45, 7) is 0.756. The van der Waals surface area contributed by atoms with Gasteiger partial charge in [0.15, 0.2) is 0 Å². The molecule has 0 aromatic rings. The quantitative estimate of drug-likeness (QED) is 0.470. The van der Waals surface area contributed by atoms with Crippen molar-refractivity contribution >= 4 is 5.97 Å². The van der Waals surface area contributed by atoms with E-state index in [0.29, 0.717) is 0 Å². The van der Waals surface area contributed by atoms with E-state index < -0.39 is 5.97 Å². The summed E-state index contributed by atoms with van der Waals surface area (Å²) in [6, 6.07) is 0. The fourth-order valence-corrected chi connectivity index (χ4v) is 0.395. The van der Waals surface area contributed by atoms with Crippen LogP contribution in [0.3, 0.4) is 0 Å². The molecule has 0 spiro atoms. The average Bonchev–Trinajstić information content (AvgIpc) is 1.63. The molecule has 0 rings (SSSR count). The molecule has 0 unspecified atom stereocenters. The summed E-state index contributed by atoms with van der Waals surface area (Å²) >= 11 is 0. The Morgan fingerprint density at radius 1 is 1.67 bits per heavy atom. The number of nitrogens with one attached hydrogen (secondary N) is 1. The number of carboxylic acid groups (broad SMARTS) is 1. The van der Waals surface area contributed by atoms with Gasteiger partial charge in [0.1, 0.15) is 0 Å². The SMILES string of the molecule is C[NH+](C)CC=CC(=O)O. The van der Waals surface area contributed by atoms with Gasteiger partial charge in [-0.15, -0.1) is 0 Å². The normalized spacial score (nSPS) is 11.0. The zero-order valence-corrected chi connectivity index (χ0v) is 5.72. The van der Waals surface area contributed by atoms with Gasteiger partial charge in [-0.05, 0) is 6.08 Å². The molecule has 3 heteroatoms. The Hall–Kier alpha value is -0.830. The Labute approximate surface area is 54.6 Å². The van der Waals surface area contributed by atoms with Crippen LogP contribution in [0.4, 0.5) is 0 Å². The highest BCUT2D eigenvalue weighted by atomic mass is 16.4. The molecule has 0 saturated heterocycles. The number of hydrogen-bond acceptors (Lipinski definition) is 1. The van der Waals surface area contributed by atoms with Gasteiger partial charge in [0, 0.05) is 6.08 Å². The minimum atomic E-state index is -0.878. The van der Waals surface area contributed by atoms with E-state index in [0.717, 1.165) is 12.6 Å². The molecule has 0 aromatic carbocycles. The second-order valence-electron chi connectivity index (χ2n) is 2.15. The molecule has 0 aliphatic carbocycles. The minimum absolute atomic E-state index is 0.756. The number of carboxylic acids is 1. The fourth-order valence-electron chi connectivity index (χ4n) is 0.395. The summed E-state index contributed by atoms with van der Waals surface area (Å²) in [7, 11) is 3.93. The molecular weight excluding hydrogens is 118 g/mol. The number of hydrogen-bond donors (Lipinski definition) is 2. The Balaban J connectivity index is 3.36. The average molecular weight is 130 g/mol. The van der Waals surface area contributed by atoms with E-state index in [2.05, 4.69) is 0 Å². The minimum Gasteiger partial charge on any atom is -0.478 e. The molecule has 0 amide bonds. The van der Waals surface area contributed by atoms with Crippen molar-refractivity contribution in [1.29, 1.82) is 0 Å². The Kier molecular flexibility index (Phi) is 3.71. The lowest BCUT2D eigenvalue weighted by molar-refractivity contribution is -0.851. The molecule has 0 aliphatic rings. The maximum absolute atomic E-state index is 9.88. The highest BCUT2D eigenvalue weighted by Gasteiger charge is 1.87. The van der Waals surface area contributed by atoms with Gasteiger partial charge < -0.3 is 10.0 Å². The van der Waals surface area contributed by atoms with Gasteiger partial charge >= 0.3 is 5.97 Å². The van der Waals surface area contributed by atoms with E-state index in [1.165, 1.54) is 4.90 Å². The van der Waals surface area contributed by atoms with E-state index in [4.69, 9.17) is 5.11 Å². The van der Waals surface area contributed by atoms with Gasteiger partial charge in [-0.25, -0.2) is 4.79 Å². The molecule has 0 atom stereocenters. The zero-order valence-electron chi connectivity index (χ0n) is 5.72. The van der Waals surface area contributed by atoms with Gasteiger partial charge in [0.2, 0.25) is 0 Å². The van der Waals surface area contributed by atoms with Crippen LogP contribution in [0.2, 0.25) is 0 Å². The van der Waals surface area contributed by atoms with Crippen LogP contribution in [0.1, 0.15) is 0 Å². The monoisotopic (exact) mass is 130 g/mol. The van der Waals surface area contributed by atoms with Gasteiger partial charge in [0.05, 0.1) is 20.6 Å². The van der Waals surface area contributed by atoms with Gasteiger partial charge in [-0.3, -0.25) is 0 Å². The van der Waals surface area contributed by atoms with Crippen LogP contribution in [-0.4, -0.2) is 31.7 Å². The second-order valence-corrected chi connectivity index (χ2v) is 2.15. The molecule has 0 bridgehead atoms. The maximum atomic E-state index is 9.88. The second kappa shape index (κ2) is 4.09. The summed E-state index contributed by atoms with van der Waals surface area (Å²) in [6.07, 6.45) is 2.80. The Morgan fingerprint density at radius 2 is 2.22 bits per heavy atom. The van der Waals surface area contributed by atoms with E-state index in [-0.39, 0.29) is 0 Å². The molecule has 3 nitrogen and oxygen atoms in total. The van der Waals surface area contributed by atoms with Crippen molar-refractivity contribution in [3.63, 3.8) is 0 Å². The number of aliphatic carboxylic acids is 1. The van der Waals surface area contributed by atoms with Crippen molar-refractivity contribution in [1.82, 2.24) is 0 Å². The standard InChI is InChI=1S/C6H11NO2/c1-7(2)5-3-4-6(8)9/h3-4H,5H2,1-2H3,(H,8,9)/p+1. The lowest BCUT2D eigenvalue weighted by Crippen LogP contribution is -3.05. The summed E-state index contributed by atoms with van der Waals surface area (Å²) in [5.41, 5.74) is 0. The first-order valence-electron chi connectivity index (χ1n) is 2.81. The van der Waals surface area contributed by atoms with Crippen molar-refractivity contribution in [2.75, 3.05) is 20.6 Å². The largest absolute Gasteiger partial charge is 0.478 e. The number of carbonyl (C=O) groups is 1. The van der Waals surface area contributed by atoms with Gasteiger partial charge in [-0.2, -0.15) is 0 Å². The van der Waals surface area contributed by atoms with Crippen molar-refractivity contribution < 1.29 is 14.8 Å². The highest BCUT2D eigenvalue weighted by molar-refractivity contribution is 5.79. The van der Waals surface area contributed by atoms with Crippen LogP contribution in [0, 0.1) is 0 Å². The third kappa shape index (κ3) is 7.17. The molecule has 0 aliphatic heterocycles. The molecule has 0 aromatic heterocycles. The number of quaternary nitrogens is 1. The molecule has 0 saturated carbocycles. The first-order valence-corrected chi connectivity index (χ1v) is 2.81. The van der Waals surface area contributed by atoms with Crippen molar-refractivity contribution in [3.05, 3.63) is 12.2 Å². The van der Waals surface area contributed by atoms with Gasteiger partial charge in [0.25, 0.3) is 0 Å². The van der Waals surface area contributed by atoms with Crippen LogP contribution in [0.25, 0.3) is 0 Å². The van der Waals surface area contributed by atoms with Crippen LogP contribution in [0.5, 0.6) is 0 Å². The summed E-state index contributed by atoms with van der Waals surface area (Å²) in [4.78, 5) is 11.1. The lowest BCUT2D eigenvalue weighted by atomic mass is 10.5. The predicted molar refractivity (Wildman–Crippen MR) is 34.5 cm³/mol. The van der Waals surface area contributed by atoms with Crippen molar-refractivity contribution in [2.24, 2.45) is 0 Å². The molecular formula is C6H12NO2+. The third-order valence-corrected chi connectivity index (χ3v) is 0.787. The number of rotatable bonds is 3. The van der Waals surface area contributed by atoms with E-state index in [1.54, 1.807) is 6.08 Å². The lowest BCUT2D eigenvalue weighted by Gasteiger charge is -1.99. The molecule has 2 N–H and O–H groups in total. The van der Waals surface area contributed by atoms with Gasteiger partial charge in [-0.1, -0.05) is 0 Å². The Bertz CT molecular complexity index is 118. The smallest absolute Gasteiger partial charge is 0.328 e. The van der Waals surface area contributed by atoms with E-state index >= 15 is 0 Å². The fraction of sp³-hybridized carbons (Fsp3) is 0.500. The number of likely N-dealkylation sites (N-methyl/N-ethyl adjacent to an activating group) is 1. The molecule has 0 radical (unpaired) electrons. The zero-order chi connectivity index (χ0) is 7.28. The molecule has 9 heavy (non-hydrogen) atoms. The summed E-state index contributed by atoms with van der Waals surface area (Å²) < 4.78 is 0. The maximum Gasteiger partial charge on any atom is 0.328 e. The molecule has 52 valence electrons. The topological polar surface area (TPSA) is 41.7 Å². The van der Waals surface area contributed by atoms with E-state index in [1.807, 2.05) is 14.1 Å². The first kappa shape index (κ1) is 8.17. The first-order chi connectivity index (χ1) is 4.13. The van der Waals surface area contributed by atoms with Crippen molar-refractivity contribution in [2.45, 2.75) is 0 Å². The van der Waals surface area contributed by atoms with Crippen molar-refractivity contribution in [3.8, 4) is 0 Å². The van der Waals surface area contributed by atoms with Crippen LogP contribution >= 0.6 is 0 Å².